The Bertz CT molecular complexity index is 810. The van der Waals surface area contributed by atoms with Crippen molar-refractivity contribution in [3.05, 3.63) is 47.3 Å². The van der Waals surface area contributed by atoms with Crippen LogP contribution in [-0.2, 0) is 11.3 Å². The van der Waals surface area contributed by atoms with Gasteiger partial charge in [-0.1, -0.05) is 32.0 Å². The molecule has 2 aromatic rings. The molecule has 7 nitrogen and oxygen atoms in total. The molecule has 1 heterocycles. The van der Waals surface area contributed by atoms with Gasteiger partial charge in [0.05, 0.1) is 18.0 Å². The van der Waals surface area contributed by atoms with E-state index in [4.69, 9.17) is 4.74 Å². The Morgan fingerprint density at radius 2 is 1.96 bits per heavy atom. The third-order valence-corrected chi connectivity index (χ3v) is 4.07. The van der Waals surface area contributed by atoms with Crippen LogP contribution in [0.1, 0.15) is 49.4 Å². The van der Waals surface area contributed by atoms with Gasteiger partial charge in [-0.3, -0.25) is 5.43 Å². The van der Waals surface area contributed by atoms with Crippen molar-refractivity contribution < 1.29 is 14.6 Å². The number of nitrogens with zero attached hydrogens (tertiary/aromatic N) is 2. The Morgan fingerprint density at radius 1 is 1.30 bits per heavy atom. The van der Waals surface area contributed by atoms with E-state index in [2.05, 4.69) is 29.9 Å². The van der Waals surface area contributed by atoms with Gasteiger partial charge in [-0.15, -0.1) is 0 Å². The molecule has 0 radical (unpaired) electrons. The fraction of sp³-hybridized carbons (Fsp3) is 0.400. The SMILES string of the molecule is CCOC(=O)c1c(O)c(/C(C)=N/NNc2ccccc2)n(CC(C)C)c1C. The van der Waals surface area contributed by atoms with Crippen LogP contribution in [-0.4, -0.2) is 28.0 Å². The average molecular weight is 372 g/mol. The summed E-state index contributed by atoms with van der Waals surface area (Å²) in [4.78, 5) is 12.3. The summed E-state index contributed by atoms with van der Waals surface area (Å²) in [7, 11) is 0. The molecular formula is C20H28N4O3. The quantitative estimate of drug-likeness (QED) is 0.374. The summed E-state index contributed by atoms with van der Waals surface area (Å²) in [5.74, 6) is -0.304. The monoisotopic (exact) mass is 372 g/mol. The van der Waals surface area contributed by atoms with Gasteiger partial charge in [-0.05, 0) is 38.8 Å². The predicted molar refractivity (Wildman–Crippen MR) is 107 cm³/mol. The number of para-hydroxylation sites is 1. The van der Waals surface area contributed by atoms with Gasteiger partial charge in [0.1, 0.15) is 11.3 Å². The fourth-order valence-electron chi connectivity index (χ4n) is 2.88. The summed E-state index contributed by atoms with van der Waals surface area (Å²) in [6.07, 6.45) is 0. The molecule has 146 valence electrons. The van der Waals surface area contributed by atoms with Gasteiger partial charge in [-0.2, -0.15) is 5.10 Å². The highest BCUT2D eigenvalue weighted by Crippen LogP contribution is 2.31. The van der Waals surface area contributed by atoms with Gasteiger partial charge in [0, 0.05) is 12.2 Å². The van der Waals surface area contributed by atoms with Crippen LogP contribution in [0.4, 0.5) is 5.69 Å². The van der Waals surface area contributed by atoms with Gasteiger partial charge >= 0.3 is 5.97 Å². The zero-order valence-electron chi connectivity index (χ0n) is 16.5. The van der Waals surface area contributed by atoms with Crippen molar-refractivity contribution in [1.29, 1.82) is 0 Å². The molecule has 7 heteroatoms. The molecule has 0 aliphatic rings. The zero-order valence-corrected chi connectivity index (χ0v) is 16.5. The van der Waals surface area contributed by atoms with Crippen LogP contribution in [0.2, 0.25) is 0 Å². The number of hydrazine groups is 1. The minimum Gasteiger partial charge on any atom is -0.505 e. The largest absolute Gasteiger partial charge is 0.505 e. The Labute approximate surface area is 160 Å². The highest BCUT2D eigenvalue weighted by molar-refractivity contribution is 6.05. The molecule has 27 heavy (non-hydrogen) atoms. The maximum atomic E-state index is 12.3. The first kappa shape index (κ1) is 20.4. The zero-order chi connectivity index (χ0) is 20.0. The molecule has 2 rings (SSSR count). The molecule has 0 amide bonds. The first-order chi connectivity index (χ1) is 12.9. The van der Waals surface area contributed by atoms with Crippen LogP contribution in [0.5, 0.6) is 5.75 Å². The normalized spacial score (nSPS) is 11.6. The lowest BCUT2D eigenvalue weighted by molar-refractivity contribution is 0.0522. The van der Waals surface area contributed by atoms with Crippen LogP contribution in [0, 0.1) is 12.8 Å². The lowest BCUT2D eigenvalue weighted by atomic mass is 10.2. The van der Waals surface area contributed by atoms with Crippen molar-refractivity contribution in [2.45, 2.75) is 41.2 Å². The van der Waals surface area contributed by atoms with E-state index in [-0.39, 0.29) is 17.9 Å². The van der Waals surface area contributed by atoms with E-state index in [1.165, 1.54) is 0 Å². The molecule has 1 aromatic carbocycles. The second-order valence-corrected chi connectivity index (χ2v) is 6.68. The Kier molecular flexibility index (Phi) is 6.87. The molecule has 0 aliphatic carbocycles. The number of aromatic hydroxyl groups is 1. The van der Waals surface area contributed by atoms with Gasteiger partial charge < -0.3 is 14.4 Å². The molecule has 0 fully saturated rings. The third kappa shape index (κ3) is 4.81. The van der Waals surface area contributed by atoms with Crippen LogP contribution in [0.15, 0.2) is 35.4 Å². The number of ether oxygens (including phenoxy) is 1. The number of anilines is 1. The summed E-state index contributed by atoms with van der Waals surface area (Å²) in [5, 5.41) is 15.0. The summed E-state index contributed by atoms with van der Waals surface area (Å²) in [5.41, 5.74) is 8.53. The highest BCUT2D eigenvalue weighted by atomic mass is 16.5. The summed E-state index contributed by atoms with van der Waals surface area (Å²) in [6, 6.07) is 9.56. The maximum absolute atomic E-state index is 12.3. The van der Waals surface area contributed by atoms with Gasteiger partial charge in [0.2, 0.25) is 0 Å². The second kappa shape index (κ2) is 9.12. The number of carbonyl (C=O) groups excluding carboxylic acids is 1. The highest BCUT2D eigenvalue weighted by Gasteiger charge is 2.27. The summed E-state index contributed by atoms with van der Waals surface area (Å²) < 4.78 is 7.01. The van der Waals surface area contributed by atoms with Gasteiger partial charge in [0.25, 0.3) is 0 Å². The van der Waals surface area contributed by atoms with Crippen LogP contribution >= 0.6 is 0 Å². The average Bonchev–Trinajstić information content (AvgIpc) is 2.85. The molecular weight excluding hydrogens is 344 g/mol. The number of aromatic nitrogens is 1. The number of benzene rings is 1. The minimum atomic E-state index is -0.528. The van der Waals surface area contributed by atoms with Crippen molar-refractivity contribution in [3.8, 4) is 5.75 Å². The van der Waals surface area contributed by atoms with Crippen molar-refractivity contribution in [1.82, 2.24) is 10.1 Å². The Morgan fingerprint density at radius 3 is 2.56 bits per heavy atom. The van der Waals surface area contributed by atoms with Crippen LogP contribution in [0.3, 0.4) is 0 Å². The van der Waals surface area contributed by atoms with E-state index in [9.17, 15) is 9.90 Å². The first-order valence-electron chi connectivity index (χ1n) is 9.06. The van der Waals surface area contributed by atoms with Gasteiger partial charge in [-0.25, -0.2) is 10.3 Å². The smallest absolute Gasteiger partial charge is 0.343 e. The lowest BCUT2D eigenvalue weighted by Crippen LogP contribution is -2.19. The lowest BCUT2D eigenvalue weighted by Gasteiger charge is -2.14. The number of nitrogens with one attached hydrogen (secondary N) is 2. The van der Waals surface area contributed by atoms with E-state index < -0.39 is 5.97 Å². The standard InChI is InChI=1S/C20H28N4O3/c1-6-27-20(26)17-15(5)24(12-13(2)3)18(19(17)25)14(4)21-23-22-16-10-8-7-9-11-16/h7-11,13,22-23,25H,6,12H2,1-5H3/b21-14+. The van der Waals surface area contributed by atoms with Crippen molar-refractivity contribution in [2.24, 2.45) is 11.0 Å². The number of hydrazone groups is 1. The molecule has 0 saturated heterocycles. The van der Waals surface area contributed by atoms with Gasteiger partial charge in [0.15, 0.2) is 5.75 Å². The molecule has 1 aromatic heterocycles. The Hall–Kier alpha value is -2.96. The van der Waals surface area contributed by atoms with Crippen molar-refractivity contribution in [3.63, 3.8) is 0 Å². The van der Waals surface area contributed by atoms with Crippen molar-refractivity contribution in [2.75, 3.05) is 12.0 Å². The Balaban J connectivity index is 2.36. The molecule has 0 aliphatic heterocycles. The number of carbonyl (C=O) groups is 1. The number of hydrogen-bond acceptors (Lipinski definition) is 6. The van der Waals surface area contributed by atoms with Crippen LogP contribution < -0.4 is 11.0 Å². The van der Waals surface area contributed by atoms with E-state index in [1.54, 1.807) is 20.8 Å². The first-order valence-corrected chi connectivity index (χ1v) is 9.06. The third-order valence-electron chi connectivity index (χ3n) is 4.07. The van der Waals surface area contributed by atoms with E-state index in [0.717, 1.165) is 5.69 Å². The molecule has 0 atom stereocenters. The molecule has 0 bridgehead atoms. The minimum absolute atomic E-state index is 0.102. The van der Waals surface area contributed by atoms with E-state index >= 15 is 0 Å². The molecule has 0 spiro atoms. The molecule has 0 unspecified atom stereocenters. The second-order valence-electron chi connectivity index (χ2n) is 6.68. The van der Waals surface area contributed by atoms with E-state index in [0.29, 0.717) is 29.6 Å². The number of hydrogen-bond donors (Lipinski definition) is 3. The summed E-state index contributed by atoms with van der Waals surface area (Å²) >= 11 is 0. The van der Waals surface area contributed by atoms with E-state index in [1.807, 2.05) is 34.9 Å². The molecule has 0 saturated carbocycles. The van der Waals surface area contributed by atoms with Crippen molar-refractivity contribution >= 4 is 17.4 Å². The maximum Gasteiger partial charge on any atom is 0.343 e. The number of esters is 1. The van der Waals surface area contributed by atoms with Crippen LogP contribution in [0.25, 0.3) is 0 Å². The predicted octanol–water partition coefficient (Wildman–Crippen LogP) is 3.68. The fourth-order valence-corrected chi connectivity index (χ4v) is 2.88. The summed E-state index contributed by atoms with van der Waals surface area (Å²) in [6.45, 7) is 10.4. The number of rotatable bonds is 8. The topological polar surface area (TPSA) is 87.9 Å². The molecule has 3 N–H and O–H groups in total.